The van der Waals surface area contributed by atoms with E-state index in [0.717, 1.165) is 64.4 Å². The van der Waals surface area contributed by atoms with E-state index in [1.807, 2.05) is 0 Å². The van der Waals surface area contributed by atoms with Gasteiger partial charge in [-0.3, -0.25) is 9.79 Å². The minimum atomic E-state index is -0.205. The van der Waals surface area contributed by atoms with E-state index in [1.165, 1.54) is 0 Å². The third kappa shape index (κ3) is 6.28. The van der Waals surface area contributed by atoms with Crippen LogP contribution in [0.4, 0.5) is 0 Å². The number of guanidine groups is 1. The molecule has 2 rings (SSSR count). The molecule has 1 amide bonds. The van der Waals surface area contributed by atoms with Gasteiger partial charge in [0, 0.05) is 32.7 Å². The summed E-state index contributed by atoms with van der Waals surface area (Å²) in [4.78, 5) is 18.1. The van der Waals surface area contributed by atoms with E-state index in [-0.39, 0.29) is 36.0 Å². The molecule has 3 N–H and O–H groups in total. The summed E-state index contributed by atoms with van der Waals surface area (Å²) in [5.41, 5.74) is 5.33. The highest BCUT2D eigenvalue weighted by Gasteiger charge is 2.24. The van der Waals surface area contributed by atoms with Crippen LogP contribution in [0.1, 0.15) is 39.0 Å². The number of aliphatic imine (C=N–C) groups is 1. The summed E-state index contributed by atoms with van der Waals surface area (Å²) in [5.74, 6) is 1.09. The molecular formula is C15H29IN4O2. The third-order valence-corrected chi connectivity index (χ3v) is 4.11. The number of primary amides is 1. The van der Waals surface area contributed by atoms with Gasteiger partial charge in [-0.1, -0.05) is 0 Å². The zero-order chi connectivity index (χ0) is 15.1. The summed E-state index contributed by atoms with van der Waals surface area (Å²) in [6, 6.07) is 0. The van der Waals surface area contributed by atoms with Gasteiger partial charge in [0.1, 0.15) is 0 Å². The van der Waals surface area contributed by atoms with Gasteiger partial charge in [-0.25, -0.2) is 0 Å². The summed E-state index contributed by atoms with van der Waals surface area (Å²) in [6.45, 7) is 6.36. The molecule has 6 nitrogen and oxygen atoms in total. The number of piperidine rings is 1. The monoisotopic (exact) mass is 424 g/mol. The molecule has 0 aromatic rings. The quantitative estimate of drug-likeness (QED) is 0.397. The van der Waals surface area contributed by atoms with Gasteiger partial charge in [-0.15, -0.1) is 24.0 Å². The molecule has 2 heterocycles. The number of amides is 1. The molecule has 0 aromatic heterocycles. The van der Waals surface area contributed by atoms with Gasteiger partial charge >= 0.3 is 0 Å². The Hall–Kier alpha value is -0.570. The molecule has 2 fully saturated rings. The van der Waals surface area contributed by atoms with Crippen LogP contribution in [0.15, 0.2) is 4.99 Å². The predicted octanol–water partition coefficient (Wildman–Crippen LogP) is 1.34. The number of nitrogens with one attached hydrogen (secondary N) is 1. The minimum Gasteiger partial charge on any atom is -0.376 e. The molecule has 0 spiro atoms. The smallest absolute Gasteiger partial charge is 0.217 e. The number of rotatable bonds is 5. The van der Waals surface area contributed by atoms with Crippen LogP contribution < -0.4 is 11.1 Å². The zero-order valence-corrected chi connectivity index (χ0v) is 15.8. The van der Waals surface area contributed by atoms with Crippen LogP contribution in [-0.2, 0) is 9.53 Å². The van der Waals surface area contributed by atoms with Crippen LogP contribution in [0.3, 0.4) is 0 Å². The topological polar surface area (TPSA) is 80.0 Å². The lowest BCUT2D eigenvalue weighted by atomic mass is 9.95. The van der Waals surface area contributed by atoms with Crippen molar-refractivity contribution in [1.29, 1.82) is 0 Å². The maximum atomic E-state index is 11.1. The van der Waals surface area contributed by atoms with Crippen LogP contribution in [-0.4, -0.2) is 55.7 Å². The Morgan fingerprint density at radius 1 is 1.41 bits per heavy atom. The molecule has 22 heavy (non-hydrogen) atoms. The Morgan fingerprint density at radius 3 is 2.86 bits per heavy atom. The Kier molecular flexibility index (Phi) is 9.08. The van der Waals surface area contributed by atoms with Gasteiger partial charge in [0.2, 0.25) is 5.91 Å². The zero-order valence-electron chi connectivity index (χ0n) is 13.4. The second-order valence-electron chi connectivity index (χ2n) is 5.95. The molecule has 2 unspecified atom stereocenters. The lowest BCUT2D eigenvalue weighted by Gasteiger charge is -2.34. The van der Waals surface area contributed by atoms with Crippen molar-refractivity contribution >= 4 is 35.8 Å². The number of carbonyl (C=O) groups is 1. The second-order valence-corrected chi connectivity index (χ2v) is 5.95. The van der Waals surface area contributed by atoms with Crippen molar-refractivity contribution in [1.82, 2.24) is 10.2 Å². The minimum absolute atomic E-state index is 0. The van der Waals surface area contributed by atoms with Gasteiger partial charge in [-0.05, 0) is 38.5 Å². The molecule has 0 aromatic carbocycles. The van der Waals surface area contributed by atoms with E-state index in [0.29, 0.717) is 12.3 Å². The predicted molar refractivity (Wildman–Crippen MR) is 98.5 cm³/mol. The lowest BCUT2D eigenvalue weighted by molar-refractivity contribution is -0.119. The molecule has 128 valence electrons. The SMILES string of the molecule is CCNC(=NCC1CCCO1)N1CCCC(CC(N)=O)C1.I. The van der Waals surface area contributed by atoms with E-state index < -0.39 is 0 Å². The number of nitrogens with two attached hydrogens (primary N) is 1. The first-order valence-corrected chi connectivity index (χ1v) is 8.12. The maximum Gasteiger partial charge on any atom is 0.217 e. The van der Waals surface area contributed by atoms with Crippen molar-refractivity contribution in [3.05, 3.63) is 0 Å². The summed E-state index contributed by atoms with van der Waals surface area (Å²) in [6.07, 6.45) is 5.15. The van der Waals surface area contributed by atoms with Crippen LogP contribution in [0.5, 0.6) is 0 Å². The Bertz CT molecular complexity index is 373. The van der Waals surface area contributed by atoms with Crippen molar-refractivity contribution in [3.8, 4) is 0 Å². The van der Waals surface area contributed by atoms with E-state index in [2.05, 4.69) is 17.1 Å². The summed E-state index contributed by atoms with van der Waals surface area (Å²) < 4.78 is 5.63. The summed E-state index contributed by atoms with van der Waals surface area (Å²) in [7, 11) is 0. The van der Waals surface area contributed by atoms with E-state index >= 15 is 0 Å². The van der Waals surface area contributed by atoms with Crippen molar-refractivity contribution in [2.75, 3.05) is 32.8 Å². The lowest BCUT2D eigenvalue weighted by Crippen LogP contribution is -2.47. The van der Waals surface area contributed by atoms with Crippen molar-refractivity contribution < 1.29 is 9.53 Å². The maximum absolute atomic E-state index is 11.1. The van der Waals surface area contributed by atoms with Crippen molar-refractivity contribution in [3.63, 3.8) is 0 Å². The first-order chi connectivity index (χ1) is 10.2. The second kappa shape index (κ2) is 10.3. The van der Waals surface area contributed by atoms with Crippen molar-refractivity contribution in [2.45, 2.75) is 45.1 Å². The highest BCUT2D eigenvalue weighted by molar-refractivity contribution is 14.0. The Labute approximate surface area is 150 Å². The fourth-order valence-electron chi connectivity index (χ4n) is 3.11. The number of halogens is 1. The Balaban J connectivity index is 0.00000242. The van der Waals surface area contributed by atoms with Crippen molar-refractivity contribution in [2.24, 2.45) is 16.6 Å². The number of carbonyl (C=O) groups excluding carboxylic acids is 1. The van der Waals surface area contributed by atoms with Crippen LogP contribution in [0.2, 0.25) is 0 Å². The van der Waals surface area contributed by atoms with E-state index in [4.69, 9.17) is 15.5 Å². The molecule has 0 radical (unpaired) electrons. The highest BCUT2D eigenvalue weighted by atomic mass is 127. The molecule has 7 heteroatoms. The van der Waals surface area contributed by atoms with Gasteiger partial charge < -0.3 is 20.7 Å². The number of ether oxygens (including phenoxy) is 1. The molecule has 0 bridgehead atoms. The van der Waals surface area contributed by atoms with E-state index in [9.17, 15) is 4.79 Å². The number of hydrogen-bond acceptors (Lipinski definition) is 3. The van der Waals surface area contributed by atoms with Gasteiger partial charge in [0.25, 0.3) is 0 Å². The molecule has 2 aliphatic rings. The number of hydrogen-bond donors (Lipinski definition) is 2. The number of nitrogens with zero attached hydrogens (tertiary/aromatic N) is 2. The molecule has 2 atom stereocenters. The fraction of sp³-hybridized carbons (Fsp3) is 0.867. The molecule has 2 saturated heterocycles. The first-order valence-electron chi connectivity index (χ1n) is 8.12. The van der Waals surface area contributed by atoms with Crippen LogP contribution in [0.25, 0.3) is 0 Å². The Morgan fingerprint density at radius 2 is 2.23 bits per heavy atom. The largest absolute Gasteiger partial charge is 0.376 e. The molecule has 2 aliphatic heterocycles. The standard InChI is InChI=1S/C15H28N4O2.HI/c1-2-17-15(18-10-13-6-4-8-21-13)19-7-3-5-12(11-19)9-14(16)20;/h12-13H,2-11H2,1H3,(H2,16,20)(H,17,18);1H. The summed E-state index contributed by atoms with van der Waals surface area (Å²) >= 11 is 0. The van der Waals surface area contributed by atoms with Gasteiger partial charge in [0.05, 0.1) is 12.6 Å². The molecule has 0 saturated carbocycles. The van der Waals surface area contributed by atoms with Gasteiger partial charge in [-0.2, -0.15) is 0 Å². The number of likely N-dealkylation sites (tertiary alicyclic amines) is 1. The first kappa shape index (κ1) is 19.5. The average Bonchev–Trinajstić information content (AvgIpc) is 2.96. The van der Waals surface area contributed by atoms with Crippen LogP contribution >= 0.6 is 24.0 Å². The van der Waals surface area contributed by atoms with Gasteiger partial charge in [0.15, 0.2) is 5.96 Å². The van der Waals surface area contributed by atoms with E-state index in [1.54, 1.807) is 0 Å². The van der Waals surface area contributed by atoms with Crippen LogP contribution in [0, 0.1) is 5.92 Å². The summed E-state index contributed by atoms with van der Waals surface area (Å²) in [5, 5.41) is 3.35. The normalized spacial score (nSPS) is 25.7. The molecule has 0 aliphatic carbocycles. The molecular weight excluding hydrogens is 395 g/mol. The average molecular weight is 424 g/mol. The highest BCUT2D eigenvalue weighted by Crippen LogP contribution is 2.19. The third-order valence-electron chi connectivity index (χ3n) is 4.11. The fourth-order valence-corrected chi connectivity index (χ4v) is 3.11.